The number of amides is 1. The first-order valence-electron chi connectivity index (χ1n) is 10.7. The Morgan fingerprint density at radius 2 is 1.84 bits per heavy atom. The normalized spacial score (nSPS) is 10.9. The van der Waals surface area contributed by atoms with Gasteiger partial charge in [-0.05, 0) is 53.9 Å². The van der Waals surface area contributed by atoms with E-state index in [1.54, 1.807) is 7.11 Å². The first-order chi connectivity index (χ1) is 15.6. The van der Waals surface area contributed by atoms with Gasteiger partial charge in [-0.1, -0.05) is 52.3 Å². The van der Waals surface area contributed by atoms with Crippen LogP contribution in [0.1, 0.15) is 23.4 Å². The van der Waals surface area contributed by atoms with Gasteiger partial charge in [0.05, 0.1) is 24.6 Å². The van der Waals surface area contributed by atoms with Crippen LogP contribution >= 0.6 is 15.9 Å². The Kier molecular flexibility index (Phi) is 7.22. The molecule has 4 aromatic rings. The maximum Gasteiger partial charge on any atom is 0.224 e. The van der Waals surface area contributed by atoms with Crippen molar-refractivity contribution in [3.05, 3.63) is 94.2 Å². The van der Waals surface area contributed by atoms with Crippen molar-refractivity contribution in [1.29, 1.82) is 0 Å². The van der Waals surface area contributed by atoms with Gasteiger partial charge in [0.25, 0.3) is 0 Å². The van der Waals surface area contributed by atoms with Crippen LogP contribution in [-0.4, -0.2) is 29.1 Å². The van der Waals surface area contributed by atoms with E-state index in [0.717, 1.165) is 52.0 Å². The number of nitrogens with one attached hydrogen (secondary N) is 1. The van der Waals surface area contributed by atoms with Gasteiger partial charge >= 0.3 is 0 Å². The van der Waals surface area contributed by atoms with Crippen molar-refractivity contribution in [3.8, 4) is 5.75 Å². The fraction of sp³-hybridized carbons (Fsp3) is 0.231. The molecule has 164 valence electrons. The largest absolute Gasteiger partial charge is 0.497 e. The zero-order chi connectivity index (χ0) is 22.3. The fourth-order valence-corrected chi connectivity index (χ4v) is 4.22. The molecule has 0 spiro atoms. The third kappa shape index (κ3) is 5.56. The van der Waals surface area contributed by atoms with E-state index in [1.165, 1.54) is 5.56 Å². The number of methoxy groups -OCH3 is 1. The van der Waals surface area contributed by atoms with Gasteiger partial charge in [0.1, 0.15) is 11.6 Å². The molecule has 1 amide bonds. The number of nitrogens with zero attached hydrogens (tertiary/aromatic N) is 2. The molecule has 0 aliphatic rings. The molecular weight excluding hydrogens is 466 g/mol. The summed E-state index contributed by atoms with van der Waals surface area (Å²) >= 11 is 3.56. The second-order valence-electron chi connectivity index (χ2n) is 7.71. The van der Waals surface area contributed by atoms with Crippen LogP contribution in [-0.2, 0) is 24.2 Å². The summed E-state index contributed by atoms with van der Waals surface area (Å²) in [7, 11) is 1.63. The number of hydrogen-bond donors (Lipinski definition) is 1. The number of carbonyl (C=O) groups is 1. The summed E-state index contributed by atoms with van der Waals surface area (Å²) in [5, 5.41) is 3.03. The molecule has 1 heterocycles. The van der Waals surface area contributed by atoms with Gasteiger partial charge in [-0.2, -0.15) is 0 Å². The summed E-state index contributed by atoms with van der Waals surface area (Å²) in [5.41, 5.74) is 4.32. The van der Waals surface area contributed by atoms with Crippen molar-refractivity contribution in [2.45, 2.75) is 25.8 Å². The van der Waals surface area contributed by atoms with Crippen molar-refractivity contribution < 1.29 is 9.53 Å². The average Bonchev–Trinajstić information content (AvgIpc) is 3.14. The van der Waals surface area contributed by atoms with Gasteiger partial charge in [-0.25, -0.2) is 4.98 Å². The Labute approximate surface area is 196 Å². The quantitative estimate of drug-likeness (QED) is 0.329. The van der Waals surface area contributed by atoms with Crippen molar-refractivity contribution in [1.82, 2.24) is 14.9 Å². The predicted molar refractivity (Wildman–Crippen MR) is 131 cm³/mol. The molecule has 0 aliphatic carbocycles. The lowest BCUT2D eigenvalue weighted by Crippen LogP contribution is -2.26. The molecule has 0 fully saturated rings. The van der Waals surface area contributed by atoms with Gasteiger partial charge in [0.2, 0.25) is 5.91 Å². The monoisotopic (exact) mass is 491 g/mol. The number of hydrogen-bond acceptors (Lipinski definition) is 3. The van der Waals surface area contributed by atoms with Crippen LogP contribution in [0.3, 0.4) is 0 Å². The van der Waals surface area contributed by atoms with E-state index >= 15 is 0 Å². The highest BCUT2D eigenvalue weighted by molar-refractivity contribution is 9.10. The first kappa shape index (κ1) is 22.1. The number of para-hydroxylation sites is 2. The van der Waals surface area contributed by atoms with E-state index in [4.69, 9.17) is 9.72 Å². The Morgan fingerprint density at radius 1 is 1.03 bits per heavy atom. The highest BCUT2D eigenvalue weighted by Crippen LogP contribution is 2.20. The summed E-state index contributed by atoms with van der Waals surface area (Å²) in [6.45, 7) is 1.38. The smallest absolute Gasteiger partial charge is 0.224 e. The third-order valence-electron chi connectivity index (χ3n) is 5.39. The molecule has 0 bridgehead atoms. The van der Waals surface area contributed by atoms with Gasteiger partial charge in [0.15, 0.2) is 0 Å². The lowest BCUT2D eigenvalue weighted by Gasteiger charge is -2.10. The van der Waals surface area contributed by atoms with Gasteiger partial charge in [-0.15, -0.1) is 0 Å². The fourth-order valence-electron chi connectivity index (χ4n) is 3.78. The molecule has 6 heteroatoms. The molecule has 0 saturated heterocycles. The molecule has 0 radical (unpaired) electrons. The number of benzene rings is 3. The summed E-state index contributed by atoms with van der Waals surface area (Å²) in [6.07, 6.45) is 1.99. The van der Waals surface area contributed by atoms with E-state index < -0.39 is 0 Å². The molecule has 1 N–H and O–H groups in total. The molecule has 5 nitrogen and oxygen atoms in total. The standard InChI is InChI=1S/C26H26BrN3O2/c1-32-22-13-11-19(12-14-22)17-26(31)28-15-5-10-25-29-23-8-2-3-9-24(23)30(25)18-20-6-4-7-21(27)16-20/h2-4,6-9,11-14,16H,5,10,15,17-18H2,1H3,(H,28,31). The number of halogens is 1. The number of ether oxygens (including phenoxy) is 1. The number of carbonyl (C=O) groups excluding carboxylic acids is 1. The highest BCUT2D eigenvalue weighted by atomic mass is 79.9. The molecule has 0 aliphatic heterocycles. The van der Waals surface area contributed by atoms with E-state index in [0.29, 0.717) is 13.0 Å². The summed E-state index contributed by atoms with van der Waals surface area (Å²) in [4.78, 5) is 17.2. The van der Waals surface area contributed by atoms with Crippen molar-refractivity contribution in [2.24, 2.45) is 0 Å². The first-order valence-corrected chi connectivity index (χ1v) is 11.5. The third-order valence-corrected chi connectivity index (χ3v) is 5.88. The number of imidazole rings is 1. The van der Waals surface area contributed by atoms with Crippen LogP contribution in [0.4, 0.5) is 0 Å². The zero-order valence-corrected chi connectivity index (χ0v) is 19.6. The van der Waals surface area contributed by atoms with Crippen LogP contribution in [0.15, 0.2) is 77.3 Å². The minimum absolute atomic E-state index is 0.0257. The molecule has 0 atom stereocenters. The van der Waals surface area contributed by atoms with Crippen molar-refractivity contribution >= 4 is 32.9 Å². The van der Waals surface area contributed by atoms with Crippen LogP contribution in [0.2, 0.25) is 0 Å². The molecule has 0 unspecified atom stereocenters. The number of aryl methyl sites for hydroxylation is 1. The maximum absolute atomic E-state index is 12.3. The van der Waals surface area contributed by atoms with Crippen LogP contribution in [0.5, 0.6) is 5.75 Å². The SMILES string of the molecule is COc1ccc(CC(=O)NCCCc2nc3ccccc3n2Cc2cccc(Br)c2)cc1. The summed E-state index contributed by atoms with van der Waals surface area (Å²) in [5.74, 6) is 1.85. The number of aromatic nitrogens is 2. The van der Waals surface area contributed by atoms with Crippen LogP contribution in [0.25, 0.3) is 11.0 Å². The van der Waals surface area contributed by atoms with E-state index in [-0.39, 0.29) is 5.91 Å². The van der Waals surface area contributed by atoms with Crippen molar-refractivity contribution in [2.75, 3.05) is 13.7 Å². The zero-order valence-electron chi connectivity index (χ0n) is 18.1. The summed E-state index contributed by atoms with van der Waals surface area (Å²) < 4.78 is 8.50. The molecular formula is C26H26BrN3O2. The Morgan fingerprint density at radius 3 is 2.62 bits per heavy atom. The molecule has 0 saturated carbocycles. The predicted octanol–water partition coefficient (Wildman–Crippen LogP) is 5.15. The van der Waals surface area contributed by atoms with Crippen LogP contribution in [0, 0.1) is 0 Å². The molecule has 1 aromatic heterocycles. The second kappa shape index (κ2) is 10.5. The van der Waals surface area contributed by atoms with E-state index in [9.17, 15) is 4.79 Å². The van der Waals surface area contributed by atoms with E-state index in [1.807, 2.05) is 48.5 Å². The lowest BCUT2D eigenvalue weighted by molar-refractivity contribution is -0.120. The molecule has 4 rings (SSSR count). The Balaban J connectivity index is 1.37. The Bertz CT molecular complexity index is 1200. The number of fused-ring (bicyclic) bond motifs is 1. The number of rotatable bonds is 9. The van der Waals surface area contributed by atoms with Gasteiger partial charge < -0.3 is 14.6 Å². The van der Waals surface area contributed by atoms with Crippen molar-refractivity contribution in [3.63, 3.8) is 0 Å². The lowest BCUT2D eigenvalue weighted by atomic mass is 10.1. The highest BCUT2D eigenvalue weighted by Gasteiger charge is 2.11. The van der Waals surface area contributed by atoms with Crippen LogP contribution < -0.4 is 10.1 Å². The summed E-state index contributed by atoms with van der Waals surface area (Å²) in [6, 6.07) is 24.2. The van der Waals surface area contributed by atoms with E-state index in [2.05, 4.69) is 50.1 Å². The topological polar surface area (TPSA) is 56.1 Å². The molecule has 32 heavy (non-hydrogen) atoms. The second-order valence-corrected chi connectivity index (χ2v) is 8.63. The Hall–Kier alpha value is -3.12. The average molecular weight is 492 g/mol. The van der Waals surface area contributed by atoms with Gasteiger partial charge in [0, 0.05) is 24.0 Å². The maximum atomic E-state index is 12.3. The minimum atomic E-state index is 0.0257. The molecule has 3 aromatic carbocycles. The van der Waals surface area contributed by atoms with Gasteiger partial charge in [-0.3, -0.25) is 4.79 Å². The minimum Gasteiger partial charge on any atom is -0.497 e.